The molecule has 0 aromatic heterocycles. The van der Waals surface area contributed by atoms with Crippen molar-refractivity contribution in [2.45, 2.75) is 167 Å². The summed E-state index contributed by atoms with van der Waals surface area (Å²) in [6.45, 7) is 4.52. The summed E-state index contributed by atoms with van der Waals surface area (Å²) in [5.41, 5.74) is 0. The summed E-state index contributed by atoms with van der Waals surface area (Å²) in [4.78, 5) is 22.9. The van der Waals surface area contributed by atoms with Gasteiger partial charge in [0, 0.05) is 6.42 Å². The van der Waals surface area contributed by atoms with Crippen LogP contribution in [0.25, 0.3) is 0 Å². The maximum absolute atomic E-state index is 12.7. The number of nitrogens with zero attached hydrogens (tertiary/aromatic N) is 1. The quantitative estimate of drug-likeness (QED) is 0.0105. The number of allylic oxidation sites excluding steroid dienone is 9. The molecule has 0 heterocycles. The Bertz CT molecular complexity index is 1170. The van der Waals surface area contributed by atoms with Gasteiger partial charge in [0.1, 0.15) is 19.8 Å². The zero-order chi connectivity index (χ0) is 42.3. The number of ether oxygens (including phenoxy) is 2. The second kappa shape index (κ2) is 37.9. The first-order valence-corrected chi connectivity index (χ1v) is 23.4. The van der Waals surface area contributed by atoms with E-state index in [1.165, 1.54) is 64.2 Å². The zero-order valence-corrected chi connectivity index (χ0v) is 37.4. The summed E-state index contributed by atoms with van der Waals surface area (Å²) < 4.78 is 34.5. The predicted octanol–water partition coefficient (Wildman–Crippen LogP) is 11.0. The lowest BCUT2D eigenvalue weighted by Gasteiger charge is -2.24. The molecule has 0 aromatic rings. The van der Waals surface area contributed by atoms with E-state index < -0.39 is 32.1 Å². The Hall–Kier alpha value is -2.30. The van der Waals surface area contributed by atoms with Crippen molar-refractivity contribution in [3.05, 3.63) is 73.1 Å². The smallest absolute Gasteiger partial charge is 0.472 e. The number of likely N-dealkylation sites (N-methyl/N-ethyl adjacent to an activating group) is 1. The van der Waals surface area contributed by atoms with E-state index >= 15 is 0 Å². The molecule has 0 amide bonds. The predicted molar refractivity (Wildman–Crippen MR) is 236 cm³/mol. The molecule has 57 heavy (non-hydrogen) atoms. The van der Waals surface area contributed by atoms with Crippen LogP contribution in [0.3, 0.4) is 0 Å². The first kappa shape index (κ1) is 54.7. The molecule has 0 rings (SSSR count). The van der Waals surface area contributed by atoms with Crippen molar-refractivity contribution in [1.29, 1.82) is 0 Å². The van der Waals surface area contributed by atoms with Crippen LogP contribution >= 0.6 is 7.82 Å². The minimum Gasteiger partial charge on any atom is -0.498 e. The lowest BCUT2D eigenvalue weighted by molar-refractivity contribution is -0.870. The third kappa shape index (κ3) is 41.7. The summed E-state index contributed by atoms with van der Waals surface area (Å²) >= 11 is 0. The number of aliphatic hydroxyl groups is 2. The minimum absolute atomic E-state index is 0.0316. The number of quaternary nitrogens is 1. The molecule has 10 nitrogen and oxygen atoms in total. The second-order valence-electron chi connectivity index (χ2n) is 15.8. The van der Waals surface area contributed by atoms with Gasteiger partial charge in [0.25, 0.3) is 0 Å². The molecule has 3 N–H and O–H groups in total. The largest absolute Gasteiger partial charge is 0.498 e. The Balaban J connectivity index is 4.57. The SMILES string of the molecule is CCCCCC/C=C\CCCCCCCC/C=C/OC[C@H](COP(=O)(O)OCC[N+](C)(C)C)OC(=O)CCC[C@H](O)/C=C/C=C\C/C=C\C=C\[C@H](O)CCCCC. The van der Waals surface area contributed by atoms with E-state index in [-0.39, 0.29) is 26.2 Å². The van der Waals surface area contributed by atoms with Crippen LogP contribution in [0, 0.1) is 0 Å². The van der Waals surface area contributed by atoms with E-state index in [4.69, 9.17) is 18.5 Å². The van der Waals surface area contributed by atoms with Crippen LogP contribution in [0.15, 0.2) is 73.1 Å². The monoisotopic (exact) mass is 825 g/mol. The third-order valence-corrected chi connectivity index (χ3v) is 10.00. The molecular formula is C46H83NO9P+. The minimum atomic E-state index is -4.36. The molecule has 0 aliphatic carbocycles. The van der Waals surface area contributed by atoms with E-state index in [9.17, 15) is 24.5 Å². The van der Waals surface area contributed by atoms with Gasteiger partial charge in [-0.25, -0.2) is 4.57 Å². The number of hydrogen-bond acceptors (Lipinski definition) is 8. The number of unbranched alkanes of at least 4 members (excludes halogenated alkanes) is 13. The number of rotatable bonds is 39. The maximum atomic E-state index is 12.7. The highest BCUT2D eigenvalue weighted by atomic mass is 31.2. The molecule has 11 heteroatoms. The summed E-state index contributed by atoms with van der Waals surface area (Å²) in [5.74, 6) is -0.515. The van der Waals surface area contributed by atoms with Crippen molar-refractivity contribution in [3.8, 4) is 0 Å². The number of aliphatic hydroxyl groups excluding tert-OH is 2. The van der Waals surface area contributed by atoms with E-state index in [1.54, 1.807) is 24.5 Å². The van der Waals surface area contributed by atoms with Crippen LogP contribution in [0.2, 0.25) is 0 Å². The second-order valence-corrected chi connectivity index (χ2v) is 17.3. The Morgan fingerprint density at radius 3 is 1.75 bits per heavy atom. The standard InChI is InChI=1S/C46H82NO9P/c1-6-8-10-11-12-13-14-15-16-17-18-19-20-24-27-31-39-53-41-45(42-55-57(51,52)54-40-38-47(3,4)5)56-46(50)37-32-36-44(49)35-30-26-23-21-22-25-29-34-43(48)33-28-9-7-2/h13-14,22-23,25-26,29-31,34-35,39,43-45,48-49H,6-12,15-21,24,27-28,32-33,36-38,40-42H2,1-5H3/p+1/b14-13-,25-22-,26-23-,34-29+,35-30+,39-31+/t43-,44-,45-/m1/s1. The van der Waals surface area contributed by atoms with Crippen molar-refractivity contribution in [1.82, 2.24) is 0 Å². The Morgan fingerprint density at radius 1 is 0.649 bits per heavy atom. The van der Waals surface area contributed by atoms with Gasteiger partial charge < -0.3 is 29.1 Å². The van der Waals surface area contributed by atoms with E-state index in [1.807, 2.05) is 57.6 Å². The van der Waals surface area contributed by atoms with Crippen LogP contribution in [0.4, 0.5) is 0 Å². The van der Waals surface area contributed by atoms with Crippen LogP contribution in [-0.2, 0) is 27.9 Å². The molecule has 0 aliphatic rings. The van der Waals surface area contributed by atoms with Crippen molar-refractivity contribution in [2.24, 2.45) is 0 Å². The molecule has 0 bridgehead atoms. The highest BCUT2D eigenvalue weighted by molar-refractivity contribution is 7.47. The van der Waals surface area contributed by atoms with Gasteiger partial charge in [0.15, 0.2) is 6.10 Å². The molecule has 1 unspecified atom stereocenters. The van der Waals surface area contributed by atoms with Gasteiger partial charge in [-0.3, -0.25) is 13.8 Å². The molecule has 330 valence electrons. The van der Waals surface area contributed by atoms with E-state index in [0.717, 1.165) is 51.4 Å². The Morgan fingerprint density at radius 2 is 1.18 bits per heavy atom. The molecule has 0 saturated heterocycles. The first-order chi connectivity index (χ1) is 27.4. The Kier molecular flexibility index (Phi) is 36.4. The molecule has 0 saturated carbocycles. The van der Waals surface area contributed by atoms with Crippen LogP contribution in [-0.4, -0.2) is 91.4 Å². The fraction of sp³-hybridized carbons (Fsp3) is 0.717. The topological polar surface area (TPSA) is 132 Å². The summed E-state index contributed by atoms with van der Waals surface area (Å²) in [6, 6.07) is 0. The maximum Gasteiger partial charge on any atom is 0.472 e. The lowest BCUT2D eigenvalue weighted by Crippen LogP contribution is -2.37. The number of phosphoric ester groups is 1. The number of carbonyl (C=O) groups is 1. The van der Waals surface area contributed by atoms with Gasteiger partial charge in [-0.15, -0.1) is 0 Å². The van der Waals surface area contributed by atoms with E-state index in [0.29, 0.717) is 23.9 Å². The van der Waals surface area contributed by atoms with Gasteiger partial charge in [-0.05, 0) is 70.3 Å². The number of esters is 1. The summed E-state index contributed by atoms with van der Waals surface area (Å²) in [7, 11) is 1.48. The van der Waals surface area contributed by atoms with Gasteiger partial charge in [-0.1, -0.05) is 139 Å². The fourth-order valence-electron chi connectivity index (χ4n) is 5.49. The summed E-state index contributed by atoms with van der Waals surface area (Å²) in [5, 5.41) is 20.2. The van der Waals surface area contributed by atoms with Crippen LogP contribution < -0.4 is 0 Å². The zero-order valence-electron chi connectivity index (χ0n) is 36.5. The van der Waals surface area contributed by atoms with Crippen molar-refractivity contribution >= 4 is 13.8 Å². The van der Waals surface area contributed by atoms with Crippen LogP contribution in [0.5, 0.6) is 0 Å². The van der Waals surface area contributed by atoms with Crippen molar-refractivity contribution < 1.29 is 47.5 Å². The number of hydrogen-bond donors (Lipinski definition) is 3. The molecule has 4 atom stereocenters. The molecule has 0 aromatic carbocycles. The highest BCUT2D eigenvalue weighted by Gasteiger charge is 2.26. The number of phosphoric acid groups is 1. The van der Waals surface area contributed by atoms with Crippen molar-refractivity contribution in [3.63, 3.8) is 0 Å². The average molecular weight is 825 g/mol. The molecule has 0 fully saturated rings. The lowest BCUT2D eigenvalue weighted by atomic mass is 10.1. The normalized spacial score (nSPS) is 15.5. The van der Waals surface area contributed by atoms with Crippen LogP contribution in [0.1, 0.15) is 149 Å². The van der Waals surface area contributed by atoms with Gasteiger partial charge >= 0.3 is 13.8 Å². The molecular weight excluding hydrogens is 741 g/mol. The average Bonchev–Trinajstić information content (AvgIpc) is 3.15. The van der Waals surface area contributed by atoms with Gasteiger partial charge in [0.05, 0.1) is 46.2 Å². The first-order valence-electron chi connectivity index (χ1n) is 21.9. The third-order valence-electron chi connectivity index (χ3n) is 9.01. The van der Waals surface area contributed by atoms with E-state index in [2.05, 4.69) is 26.0 Å². The fourth-order valence-corrected chi connectivity index (χ4v) is 6.23. The van der Waals surface area contributed by atoms with Gasteiger partial charge in [0.2, 0.25) is 0 Å². The highest BCUT2D eigenvalue weighted by Crippen LogP contribution is 2.43. The summed E-state index contributed by atoms with van der Waals surface area (Å²) in [6.07, 6.45) is 42.4. The Labute approximate surface area is 348 Å². The molecule has 0 radical (unpaired) electrons. The van der Waals surface area contributed by atoms with Crippen molar-refractivity contribution in [2.75, 3.05) is 47.5 Å². The number of carbonyl (C=O) groups excluding carboxylic acids is 1. The molecule has 0 spiro atoms. The molecule has 0 aliphatic heterocycles. The van der Waals surface area contributed by atoms with Gasteiger partial charge in [-0.2, -0.15) is 0 Å².